The van der Waals surface area contributed by atoms with E-state index < -0.39 is 10.4 Å². The van der Waals surface area contributed by atoms with Crippen molar-refractivity contribution in [3.63, 3.8) is 0 Å². The van der Waals surface area contributed by atoms with Crippen LogP contribution in [0.4, 0.5) is 0 Å². The molecule has 0 aromatic rings. The number of alkyl halides is 3. The van der Waals surface area contributed by atoms with E-state index in [2.05, 4.69) is 0 Å². The van der Waals surface area contributed by atoms with E-state index in [9.17, 15) is 0 Å². The highest BCUT2D eigenvalue weighted by atomic mass is 35.6. The molecule has 0 amide bonds. The molecule has 0 saturated heterocycles. The molecule has 0 fully saturated rings. The van der Waals surface area contributed by atoms with Crippen LogP contribution < -0.4 is 0 Å². The van der Waals surface area contributed by atoms with Crippen molar-refractivity contribution in [1.82, 2.24) is 0 Å². The Morgan fingerprint density at radius 1 is 1.29 bits per heavy atom. The zero-order chi connectivity index (χ0) is 5.21. The normalized spacial score (nSPS) is 10.3. The summed E-state index contributed by atoms with van der Waals surface area (Å²) < 4.78 is -1.49. The second-order valence-corrected chi connectivity index (χ2v) is 3.29. The Bertz CT molecular complexity index is 39.4. The lowest BCUT2D eigenvalue weighted by Crippen LogP contribution is -2.06. The fourth-order valence-corrected chi connectivity index (χ4v) is 0. The maximum absolute atomic E-state index is 8.01. The van der Waals surface area contributed by atoms with Crippen LogP contribution in [0.15, 0.2) is 0 Å². The lowest BCUT2D eigenvalue weighted by atomic mass is 10.9. The van der Waals surface area contributed by atoms with E-state index in [1.54, 1.807) is 0 Å². The summed E-state index contributed by atoms with van der Waals surface area (Å²) in [7, 11) is 0. The number of halogens is 4. The fraction of sp³-hybridized carbons (Fsp3) is 1.00. The van der Waals surface area contributed by atoms with Gasteiger partial charge in [-0.15, -0.1) is 12.4 Å². The fourth-order valence-electron chi connectivity index (χ4n) is 0. The Labute approximate surface area is 63.0 Å². The topological polar surface area (TPSA) is 20.2 Å². The van der Waals surface area contributed by atoms with Gasteiger partial charge in [-0.2, -0.15) is 0 Å². The molecule has 5 heteroatoms. The SMILES string of the molecule is Cl.OCC(Cl)(Cl)Cl. The minimum absolute atomic E-state index is 0. The molecule has 0 spiro atoms. The van der Waals surface area contributed by atoms with Crippen LogP contribution in [-0.2, 0) is 0 Å². The van der Waals surface area contributed by atoms with Gasteiger partial charge >= 0.3 is 0 Å². The molecule has 0 heterocycles. The van der Waals surface area contributed by atoms with Gasteiger partial charge in [0.25, 0.3) is 0 Å². The van der Waals surface area contributed by atoms with Gasteiger partial charge in [0.15, 0.2) is 0 Å². The highest BCUT2D eigenvalue weighted by Gasteiger charge is 2.16. The lowest BCUT2D eigenvalue weighted by molar-refractivity contribution is 0.303. The Balaban J connectivity index is 0. The molecule has 0 aliphatic heterocycles. The van der Waals surface area contributed by atoms with E-state index in [0.717, 1.165) is 0 Å². The van der Waals surface area contributed by atoms with Crippen molar-refractivity contribution in [3.8, 4) is 0 Å². The Morgan fingerprint density at radius 2 is 1.43 bits per heavy atom. The molecule has 0 atom stereocenters. The van der Waals surface area contributed by atoms with Gasteiger partial charge in [-0.05, 0) is 0 Å². The standard InChI is InChI=1S/C2H3Cl3O.ClH/c3-2(4,5)1-6;/h6H,1H2;1H. The molecule has 46 valence electrons. The summed E-state index contributed by atoms with van der Waals surface area (Å²) >= 11 is 15.0. The van der Waals surface area contributed by atoms with Crippen LogP contribution in [-0.4, -0.2) is 15.5 Å². The number of hydrogen-bond acceptors (Lipinski definition) is 1. The molecule has 1 N–H and O–H groups in total. The molecule has 0 rings (SSSR count). The summed E-state index contributed by atoms with van der Waals surface area (Å²) in [6, 6.07) is 0. The summed E-state index contributed by atoms with van der Waals surface area (Å²) in [6.45, 7) is -0.433. The molecule has 0 radical (unpaired) electrons. The third-order valence-corrected chi connectivity index (χ3v) is 0.538. The van der Waals surface area contributed by atoms with E-state index in [-0.39, 0.29) is 12.4 Å². The molecule has 0 bridgehead atoms. The van der Waals surface area contributed by atoms with Gasteiger partial charge < -0.3 is 5.11 Å². The van der Waals surface area contributed by atoms with Crippen LogP contribution in [0, 0.1) is 0 Å². The largest absolute Gasteiger partial charge is 0.392 e. The van der Waals surface area contributed by atoms with Crippen molar-refractivity contribution in [2.75, 3.05) is 6.61 Å². The first-order chi connectivity index (χ1) is 2.56. The maximum Gasteiger partial charge on any atom is 0.213 e. The smallest absolute Gasteiger partial charge is 0.213 e. The number of aliphatic hydroxyl groups is 1. The van der Waals surface area contributed by atoms with Crippen LogP contribution >= 0.6 is 47.2 Å². The van der Waals surface area contributed by atoms with Crippen molar-refractivity contribution in [2.24, 2.45) is 0 Å². The highest BCUT2D eigenvalue weighted by molar-refractivity contribution is 6.67. The van der Waals surface area contributed by atoms with Crippen molar-refractivity contribution in [2.45, 2.75) is 3.79 Å². The predicted molar refractivity (Wildman–Crippen MR) is 34.6 cm³/mol. The summed E-state index contributed by atoms with van der Waals surface area (Å²) in [6.07, 6.45) is 0. The molecule has 0 saturated carbocycles. The molecule has 0 unspecified atom stereocenters. The molecular formula is C2H4Cl4O. The molecule has 0 aliphatic rings. The van der Waals surface area contributed by atoms with Gasteiger partial charge in [-0.3, -0.25) is 0 Å². The minimum Gasteiger partial charge on any atom is -0.392 e. The summed E-state index contributed by atoms with van der Waals surface area (Å²) in [5, 5.41) is 8.01. The number of rotatable bonds is 0. The van der Waals surface area contributed by atoms with E-state index in [1.165, 1.54) is 0 Å². The Kier molecular flexibility index (Phi) is 6.35. The van der Waals surface area contributed by atoms with Crippen molar-refractivity contribution in [3.05, 3.63) is 0 Å². The Hall–Kier alpha value is 1.12. The van der Waals surface area contributed by atoms with E-state index in [1.807, 2.05) is 0 Å². The van der Waals surface area contributed by atoms with Gasteiger partial charge in [-0.25, -0.2) is 0 Å². The van der Waals surface area contributed by atoms with Crippen molar-refractivity contribution in [1.29, 1.82) is 0 Å². The van der Waals surface area contributed by atoms with Gasteiger partial charge in [0.05, 0.1) is 6.61 Å². The average molecular weight is 186 g/mol. The van der Waals surface area contributed by atoms with Gasteiger partial charge in [-0.1, -0.05) is 34.8 Å². The van der Waals surface area contributed by atoms with Gasteiger partial charge in [0, 0.05) is 0 Å². The van der Waals surface area contributed by atoms with Crippen LogP contribution in [0.3, 0.4) is 0 Å². The molecule has 7 heavy (non-hydrogen) atoms. The van der Waals surface area contributed by atoms with Gasteiger partial charge in [0.2, 0.25) is 3.79 Å². The summed E-state index contributed by atoms with van der Waals surface area (Å²) in [5.41, 5.74) is 0. The monoisotopic (exact) mass is 184 g/mol. The van der Waals surface area contributed by atoms with Crippen molar-refractivity contribution < 1.29 is 5.11 Å². The van der Waals surface area contributed by atoms with Crippen LogP contribution in [0.5, 0.6) is 0 Å². The molecule has 0 aromatic heterocycles. The van der Waals surface area contributed by atoms with Crippen LogP contribution in [0.1, 0.15) is 0 Å². The van der Waals surface area contributed by atoms with E-state index >= 15 is 0 Å². The van der Waals surface area contributed by atoms with Crippen LogP contribution in [0.25, 0.3) is 0 Å². The van der Waals surface area contributed by atoms with Crippen LogP contribution in [0.2, 0.25) is 0 Å². The quantitative estimate of drug-likeness (QED) is 0.571. The first-order valence-corrected chi connectivity index (χ1v) is 2.37. The number of hydrogen-bond donors (Lipinski definition) is 1. The first kappa shape index (κ1) is 11.0. The van der Waals surface area contributed by atoms with E-state index in [0.29, 0.717) is 0 Å². The second-order valence-electron chi connectivity index (χ2n) is 0.773. The zero-order valence-electron chi connectivity index (χ0n) is 3.20. The first-order valence-electron chi connectivity index (χ1n) is 1.24. The summed E-state index contributed by atoms with van der Waals surface area (Å²) in [5.74, 6) is 0. The average Bonchev–Trinajstić information content (AvgIpc) is 1.35. The van der Waals surface area contributed by atoms with Crippen molar-refractivity contribution >= 4 is 47.2 Å². The summed E-state index contributed by atoms with van der Waals surface area (Å²) in [4.78, 5) is 0. The maximum atomic E-state index is 8.01. The number of aliphatic hydroxyl groups excluding tert-OH is 1. The zero-order valence-corrected chi connectivity index (χ0v) is 6.28. The second kappa shape index (κ2) is 4.04. The lowest BCUT2D eigenvalue weighted by Gasteiger charge is -2.01. The predicted octanol–water partition coefficient (Wildman–Crippen LogP) is 1.77. The minimum atomic E-state index is -1.49. The molecule has 0 aliphatic carbocycles. The van der Waals surface area contributed by atoms with E-state index in [4.69, 9.17) is 39.9 Å². The third-order valence-electron chi connectivity index (χ3n) is 0.179. The highest BCUT2D eigenvalue weighted by Crippen LogP contribution is 2.23. The third kappa shape index (κ3) is 11.0. The Morgan fingerprint density at radius 3 is 1.43 bits per heavy atom. The molecular weight excluding hydrogens is 182 g/mol. The molecule has 1 nitrogen and oxygen atoms in total. The van der Waals surface area contributed by atoms with Gasteiger partial charge in [0.1, 0.15) is 0 Å². The molecule has 0 aromatic carbocycles.